The second-order valence-electron chi connectivity index (χ2n) is 6.80. The van der Waals surface area contributed by atoms with E-state index in [-0.39, 0.29) is 11.7 Å². The van der Waals surface area contributed by atoms with Crippen LogP contribution in [0.4, 0.5) is 4.39 Å². The molecule has 0 aliphatic carbocycles. The summed E-state index contributed by atoms with van der Waals surface area (Å²) in [5.41, 5.74) is 2.30. The zero-order valence-electron chi connectivity index (χ0n) is 15.1. The van der Waals surface area contributed by atoms with Crippen molar-refractivity contribution in [1.82, 2.24) is 24.6 Å². The van der Waals surface area contributed by atoms with E-state index < -0.39 is 0 Å². The molecule has 1 fully saturated rings. The zero-order chi connectivity index (χ0) is 18.6. The lowest BCUT2D eigenvalue weighted by molar-refractivity contribution is 0.0947. The lowest BCUT2D eigenvalue weighted by Crippen LogP contribution is -2.28. The molecular formula is C20H22FN5O. The first-order valence-corrected chi connectivity index (χ1v) is 9.31. The number of nitrogens with one attached hydrogen (secondary N) is 1. The minimum atomic E-state index is -0.303. The lowest BCUT2D eigenvalue weighted by Gasteiger charge is -2.13. The molecule has 140 valence electrons. The molecule has 0 spiro atoms. The number of rotatable bonds is 6. The first-order chi connectivity index (χ1) is 13.2. The van der Waals surface area contributed by atoms with Gasteiger partial charge in [-0.2, -0.15) is 0 Å². The molecule has 2 aromatic heterocycles. The molecule has 6 nitrogen and oxygen atoms in total. The van der Waals surface area contributed by atoms with E-state index in [0.717, 1.165) is 18.5 Å². The Morgan fingerprint density at radius 1 is 1.19 bits per heavy atom. The number of imidazole rings is 1. The molecule has 4 rings (SSSR count). The van der Waals surface area contributed by atoms with Crippen molar-refractivity contribution in [1.29, 1.82) is 0 Å². The van der Waals surface area contributed by atoms with Crippen molar-refractivity contribution in [3.8, 4) is 11.3 Å². The number of carbonyl (C=O) groups is 1. The summed E-state index contributed by atoms with van der Waals surface area (Å²) in [6, 6.07) is 6.09. The molecule has 27 heavy (non-hydrogen) atoms. The molecule has 0 saturated carbocycles. The second-order valence-corrected chi connectivity index (χ2v) is 6.80. The van der Waals surface area contributed by atoms with Gasteiger partial charge in [0.25, 0.3) is 5.91 Å². The summed E-state index contributed by atoms with van der Waals surface area (Å²) in [6.07, 6.45) is 8.57. The molecule has 1 N–H and O–H groups in total. The second kappa shape index (κ2) is 7.84. The number of halogens is 1. The number of hydrogen-bond donors (Lipinski definition) is 1. The largest absolute Gasteiger partial charge is 0.351 e. The highest BCUT2D eigenvalue weighted by Crippen LogP contribution is 2.22. The van der Waals surface area contributed by atoms with E-state index in [4.69, 9.17) is 0 Å². The minimum Gasteiger partial charge on any atom is -0.351 e. The van der Waals surface area contributed by atoms with E-state index in [0.29, 0.717) is 23.6 Å². The van der Waals surface area contributed by atoms with Crippen LogP contribution in [-0.2, 0) is 0 Å². The Morgan fingerprint density at radius 2 is 1.96 bits per heavy atom. The van der Waals surface area contributed by atoms with E-state index in [1.807, 2.05) is 0 Å². The number of nitrogens with zero attached hydrogens (tertiary/aromatic N) is 4. The van der Waals surface area contributed by atoms with Crippen molar-refractivity contribution in [2.24, 2.45) is 0 Å². The number of hydrogen-bond acceptors (Lipinski definition) is 4. The summed E-state index contributed by atoms with van der Waals surface area (Å²) < 4.78 is 14.9. The highest BCUT2D eigenvalue weighted by atomic mass is 19.1. The Bertz CT molecular complexity index is 931. The Labute approximate surface area is 157 Å². The van der Waals surface area contributed by atoms with Crippen molar-refractivity contribution >= 4 is 11.6 Å². The molecule has 1 aliphatic rings. The maximum absolute atomic E-state index is 13.2. The zero-order valence-corrected chi connectivity index (χ0v) is 15.1. The van der Waals surface area contributed by atoms with Crippen LogP contribution < -0.4 is 5.32 Å². The third-order valence-corrected chi connectivity index (χ3v) is 4.86. The van der Waals surface area contributed by atoms with Crippen LogP contribution in [0.5, 0.6) is 0 Å². The SMILES string of the molecule is O=C(NCCCN1CCCC1)c1cn2ccnc(-c3ccc(F)cc3)c2n1. The van der Waals surface area contributed by atoms with Crippen molar-refractivity contribution in [3.05, 3.63) is 54.4 Å². The fourth-order valence-corrected chi connectivity index (χ4v) is 3.44. The van der Waals surface area contributed by atoms with E-state index in [2.05, 4.69) is 20.2 Å². The van der Waals surface area contributed by atoms with Gasteiger partial charge in [-0.15, -0.1) is 0 Å². The molecule has 3 heterocycles. The van der Waals surface area contributed by atoms with E-state index in [1.165, 1.54) is 38.1 Å². The summed E-state index contributed by atoms with van der Waals surface area (Å²) in [4.78, 5) is 23.7. The first-order valence-electron chi connectivity index (χ1n) is 9.31. The van der Waals surface area contributed by atoms with Crippen LogP contribution in [-0.4, -0.2) is 51.4 Å². The molecule has 1 aliphatic heterocycles. The summed E-state index contributed by atoms with van der Waals surface area (Å²) in [5.74, 6) is -0.492. The first kappa shape index (κ1) is 17.6. The maximum atomic E-state index is 13.2. The van der Waals surface area contributed by atoms with Crippen molar-refractivity contribution < 1.29 is 9.18 Å². The van der Waals surface area contributed by atoms with E-state index >= 15 is 0 Å². The van der Waals surface area contributed by atoms with Gasteiger partial charge in [-0.3, -0.25) is 9.78 Å². The van der Waals surface area contributed by atoms with Crippen LogP contribution in [0, 0.1) is 5.82 Å². The van der Waals surface area contributed by atoms with Crippen LogP contribution in [0.15, 0.2) is 42.9 Å². The number of likely N-dealkylation sites (tertiary alicyclic amines) is 1. The molecule has 1 saturated heterocycles. The van der Waals surface area contributed by atoms with Gasteiger partial charge in [0.15, 0.2) is 5.65 Å². The Balaban J connectivity index is 1.45. The number of fused-ring (bicyclic) bond motifs is 1. The smallest absolute Gasteiger partial charge is 0.271 e. The summed E-state index contributed by atoms with van der Waals surface area (Å²) >= 11 is 0. The summed E-state index contributed by atoms with van der Waals surface area (Å²) in [7, 11) is 0. The molecule has 0 unspecified atom stereocenters. The Kier molecular flexibility index (Phi) is 5.11. The Morgan fingerprint density at radius 3 is 2.74 bits per heavy atom. The molecule has 1 amide bonds. The van der Waals surface area contributed by atoms with Crippen LogP contribution in [0.2, 0.25) is 0 Å². The van der Waals surface area contributed by atoms with Gasteiger partial charge in [0.05, 0.1) is 0 Å². The molecular weight excluding hydrogens is 345 g/mol. The molecule has 1 aromatic carbocycles. The number of carbonyl (C=O) groups excluding carboxylic acids is 1. The summed E-state index contributed by atoms with van der Waals surface area (Å²) in [6.45, 7) is 3.98. The maximum Gasteiger partial charge on any atom is 0.271 e. The van der Waals surface area contributed by atoms with E-state index in [9.17, 15) is 9.18 Å². The molecule has 3 aromatic rings. The topological polar surface area (TPSA) is 62.5 Å². The summed E-state index contributed by atoms with van der Waals surface area (Å²) in [5, 5.41) is 2.94. The highest BCUT2D eigenvalue weighted by Gasteiger charge is 2.15. The highest BCUT2D eigenvalue weighted by molar-refractivity contribution is 5.93. The average molecular weight is 367 g/mol. The van der Waals surface area contributed by atoms with Crippen LogP contribution >= 0.6 is 0 Å². The standard InChI is InChI=1S/C20H22FN5O/c21-16-6-4-15(5-7-16)18-19-24-17(14-26(19)13-9-22-18)20(27)23-8-3-12-25-10-1-2-11-25/h4-7,9,13-14H,1-3,8,10-12H2,(H,23,27). The third kappa shape index (κ3) is 3.98. The van der Waals surface area contributed by atoms with Crippen LogP contribution in [0.1, 0.15) is 29.8 Å². The van der Waals surface area contributed by atoms with Gasteiger partial charge < -0.3 is 14.6 Å². The fourth-order valence-electron chi connectivity index (χ4n) is 3.44. The van der Waals surface area contributed by atoms with Crippen LogP contribution in [0.25, 0.3) is 16.9 Å². The van der Waals surface area contributed by atoms with Gasteiger partial charge >= 0.3 is 0 Å². The van der Waals surface area contributed by atoms with Crippen LogP contribution in [0.3, 0.4) is 0 Å². The monoisotopic (exact) mass is 367 g/mol. The van der Waals surface area contributed by atoms with E-state index in [1.54, 1.807) is 35.1 Å². The van der Waals surface area contributed by atoms with Gasteiger partial charge in [-0.25, -0.2) is 9.37 Å². The van der Waals surface area contributed by atoms with Gasteiger partial charge in [-0.05, 0) is 63.2 Å². The van der Waals surface area contributed by atoms with Crippen molar-refractivity contribution in [2.75, 3.05) is 26.2 Å². The third-order valence-electron chi connectivity index (χ3n) is 4.86. The average Bonchev–Trinajstić information content (AvgIpc) is 3.35. The molecule has 0 atom stereocenters. The number of amides is 1. The molecule has 0 radical (unpaired) electrons. The van der Waals surface area contributed by atoms with Crippen molar-refractivity contribution in [2.45, 2.75) is 19.3 Å². The van der Waals surface area contributed by atoms with Gasteiger partial charge in [0.1, 0.15) is 17.2 Å². The number of benzene rings is 1. The number of aromatic nitrogens is 3. The molecule has 0 bridgehead atoms. The lowest BCUT2D eigenvalue weighted by atomic mass is 10.1. The quantitative estimate of drug-likeness (QED) is 0.681. The minimum absolute atomic E-state index is 0.190. The Hall–Kier alpha value is -2.80. The van der Waals surface area contributed by atoms with Gasteiger partial charge in [0.2, 0.25) is 0 Å². The van der Waals surface area contributed by atoms with Gasteiger partial charge in [-0.1, -0.05) is 0 Å². The van der Waals surface area contributed by atoms with Gasteiger partial charge in [0, 0.05) is 30.7 Å². The molecule has 7 heteroatoms. The van der Waals surface area contributed by atoms with Crippen molar-refractivity contribution in [3.63, 3.8) is 0 Å². The fraction of sp³-hybridized carbons (Fsp3) is 0.350. The normalized spacial score (nSPS) is 14.7. The predicted octanol–water partition coefficient (Wildman–Crippen LogP) is 2.75. The predicted molar refractivity (Wildman–Crippen MR) is 101 cm³/mol.